The second-order valence-electron chi connectivity index (χ2n) is 6.17. The summed E-state index contributed by atoms with van der Waals surface area (Å²) in [6.45, 7) is 5.62. The first-order valence-electron chi connectivity index (χ1n) is 8.63. The summed E-state index contributed by atoms with van der Waals surface area (Å²) in [4.78, 5) is 23.8. The van der Waals surface area contributed by atoms with E-state index in [0.717, 1.165) is 16.8 Å². The van der Waals surface area contributed by atoms with Gasteiger partial charge in [0.05, 0.1) is 12.2 Å². The van der Waals surface area contributed by atoms with E-state index in [9.17, 15) is 14.0 Å². The highest BCUT2D eigenvalue weighted by Gasteiger charge is 2.22. The van der Waals surface area contributed by atoms with Gasteiger partial charge < -0.3 is 14.0 Å². The topological polar surface area (TPSA) is 57.5 Å². The number of fused-ring (bicyclic) bond motifs is 1. The average Bonchev–Trinajstić information content (AvgIpc) is 2.88. The van der Waals surface area contributed by atoms with Crippen LogP contribution in [-0.4, -0.2) is 23.1 Å². The predicted molar refractivity (Wildman–Crippen MR) is 99.4 cm³/mol. The molecule has 0 atom stereocenters. The van der Waals surface area contributed by atoms with E-state index in [0.29, 0.717) is 23.2 Å². The Hall–Kier alpha value is -3.15. The van der Waals surface area contributed by atoms with Gasteiger partial charge in [0.25, 0.3) is 0 Å². The SMILES string of the molecule is CCOC(=O)c1c(C)n(Cc2ccc(F)cc2)c2ccc(OC(C)=O)cc12. The number of hydrogen-bond acceptors (Lipinski definition) is 4. The summed E-state index contributed by atoms with van der Waals surface area (Å²) in [6.07, 6.45) is 0. The molecule has 27 heavy (non-hydrogen) atoms. The quantitative estimate of drug-likeness (QED) is 0.499. The van der Waals surface area contributed by atoms with Crippen LogP contribution in [0.25, 0.3) is 10.9 Å². The fourth-order valence-electron chi connectivity index (χ4n) is 3.13. The number of ether oxygens (including phenoxy) is 2. The van der Waals surface area contributed by atoms with Gasteiger partial charge in [-0.1, -0.05) is 12.1 Å². The monoisotopic (exact) mass is 369 g/mol. The molecule has 0 bridgehead atoms. The maximum absolute atomic E-state index is 13.2. The first kappa shape index (κ1) is 18.6. The zero-order valence-corrected chi connectivity index (χ0v) is 15.4. The molecule has 0 aliphatic heterocycles. The predicted octanol–water partition coefficient (Wildman–Crippen LogP) is 4.24. The molecule has 2 aromatic carbocycles. The molecule has 0 N–H and O–H groups in total. The molecule has 140 valence electrons. The molecule has 6 heteroatoms. The van der Waals surface area contributed by atoms with E-state index in [1.54, 1.807) is 37.3 Å². The van der Waals surface area contributed by atoms with Crippen molar-refractivity contribution in [1.29, 1.82) is 0 Å². The number of carbonyl (C=O) groups is 2. The Balaban J connectivity index is 2.14. The summed E-state index contributed by atoms with van der Waals surface area (Å²) >= 11 is 0. The number of hydrogen-bond donors (Lipinski definition) is 0. The molecule has 0 unspecified atom stereocenters. The highest BCUT2D eigenvalue weighted by Crippen LogP contribution is 2.31. The van der Waals surface area contributed by atoms with E-state index < -0.39 is 11.9 Å². The van der Waals surface area contributed by atoms with E-state index in [-0.39, 0.29) is 12.4 Å². The van der Waals surface area contributed by atoms with Crippen LogP contribution >= 0.6 is 0 Å². The summed E-state index contributed by atoms with van der Waals surface area (Å²) in [7, 11) is 0. The van der Waals surface area contributed by atoms with Crippen LogP contribution in [0.15, 0.2) is 42.5 Å². The molecule has 0 spiro atoms. The standard InChI is InChI=1S/C21H20FNO4/c1-4-26-21(25)20-13(2)23(12-15-5-7-16(22)8-6-15)19-10-9-17(11-18(19)20)27-14(3)24/h5-11H,4,12H2,1-3H3. The summed E-state index contributed by atoms with van der Waals surface area (Å²) < 4.78 is 25.5. The van der Waals surface area contributed by atoms with Gasteiger partial charge in [-0.15, -0.1) is 0 Å². The van der Waals surface area contributed by atoms with E-state index >= 15 is 0 Å². The van der Waals surface area contributed by atoms with E-state index in [2.05, 4.69) is 0 Å². The van der Waals surface area contributed by atoms with Crippen LogP contribution in [-0.2, 0) is 16.1 Å². The lowest BCUT2D eigenvalue weighted by Crippen LogP contribution is -2.08. The molecule has 1 aromatic heterocycles. The molecule has 0 amide bonds. The van der Waals surface area contributed by atoms with Gasteiger partial charge in [-0.25, -0.2) is 9.18 Å². The molecular formula is C21H20FNO4. The third-order valence-corrected chi connectivity index (χ3v) is 4.29. The summed E-state index contributed by atoms with van der Waals surface area (Å²) in [6, 6.07) is 11.4. The van der Waals surface area contributed by atoms with Crippen molar-refractivity contribution in [2.24, 2.45) is 0 Å². The molecule has 0 fully saturated rings. The summed E-state index contributed by atoms with van der Waals surface area (Å²) in [5.74, 6) is -0.808. The van der Waals surface area contributed by atoms with Crippen molar-refractivity contribution < 1.29 is 23.5 Å². The second kappa shape index (κ2) is 7.61. The van der Waals surface area contributed by atoms with Crippen molar-refractivity contribution in [1.82, 2.24) is 4.57 Å². The van der Waals surface area contributed by atoms with Crippen molar-refractivity contribution in [3.63, 3.8) is 0 Å². The molecule has 0 aliphatic carbocycles. The number of benzene rings is 2. The highest BCUT2D eigenvalue weighted by molar-refractivity contribution is 6.06. The fraction of sp³-hybridized carbons (Fsp3) is 0.238. The molecule has 5 nitrogen and oxygen atoms in total. The largest absolute Gasteiger partial charge is 0.462 e. The molecule has 3 rings (SSSR count). The van der Waals surface area contributed by atoms with E-state index in [1.807, 2.05) is 11.5 Å². The smallest absolute Gasteiger partial charge is 0.340 e. The molecule has 0 aliphatic rings. The third kappa shape index (κ3) is 3.84. The van der Waals surface area contributed by atoms with Gasteiger partial charge >= 0.3 is 11.9 Å². The fourth-order valence-corrected chi connectivity index (χ4v) is 3.13. The van der Waals surface area contributed by atoms with Crippen LogP contribution < -0.4 is 4.74 Å². The second-order valence-corrected chi connectivity index (χ2v) is 6.17. The van der Waals surface area contributed by atoms with Crippen molar-refractivity contribution >= 4 is 22.8 Å². The van der Waals surface area contributed by atoms with Gasteiger partial charge in [0.1, 0.15) is 11.6 Å². The van der Waals surface area contributed by atoms with Gasteiger partial charge in [-0.05, 0) is 49.7 Å². The van der Waals surface area contributed by atoms with Gasteiger partial charge in [-0.2, -0.15) is 0 Å². The maximum atomic E-state index is 13.2. The number of esters is 2. The van der Waals surface area contributed by atoms with Crippen LogP contribution in [0.1, 0.15) is 35.5 Å². The lowest BCUT2D eigenvalue weighted by Gasteiger charge is -2.09. The first-order valence-corrected chi connectivity index (χ1v) is 8.63. The zero-order valence-electron chi connectivity index (χ0n) is 15.4. The normalized spacial score (nSPS) is 10.8. The molecule has 3 aromatic rings. The van der Waals surface area contributed by atoms with Gasteiger partial charge in [-0.3, -0.25) is 4.79 Å². The maximum Gasteiger partial charge on any atom is 0.340 e. The average molecular weight is 369 g/mol. The Labute approximate surface area is 156 Å². The van der Waals surface area contributed by atoms with Gasteiger partial charge in [0.2, 0.25) is 0 Å². The van der Waals surface area contributed by atoms with Crippen molar-refractivity contribution in [2.75, 3.05) is 6.61 Å². The Bertz CT molecular complexity index is 1010. The minimum Gasteiger partial charge on any atom is -0.462 e. The lowest BCUT2D eigenvalue weighted by molar-refractivity contribution is -0.131. The third-order valence-electron chi connectivity index (χ3n) is 4.29. The summed E-state index contributed by atoms with van der Waals surface area (Å²) in [5, 5.41) is 0.645. The Morgan fingerprint density at radius 2 is 1.81 bits per heavy atom. The van der Waals surface area contributed by atoms with Crippen molar-refractivity contribution in [3.8, 4) is 5.75 Å². The van der Waals surface area contributed by atoms with E-state index in [4.69, 9.17) is 9.47 Å². The van der Waals surface area contributed by atoms with Crippen LogP contribution in [0.4, 0.5) is 4.39 Å². The minimum absolute atomic E-state index is 0.256. The van der Waals surface area contributed by atoms with Crippen LogP contribution in [0.2, 0.25) is 0 Å². The Morgan fingerprint density at radius 1 is 1.11 bits per heavy atom. The number of nitrogens with zero attached hydrogens (tertiary/aromatic N) is 1. The molecular weight excluding hydrogens is 349 g/mol. The number of rotatable bonds is 5. The molecule has 0 radical (unpaired) electrons. The van der Waals surface area contributed by atoms with Crippen LogP contribution in [0.3, 0.4) is 0 Å². The van der Waals surface area contributed by atoms with Gasteiger partial charge in [0.15, 0.2) is 0 Å². The van der Waals surface area contributed by atoms with Crippen LogP contribution in [0, 0.1) is 12.7 Å². The van der Waals surface area contributed by atoms with Gasteiger partial charge in [0, 0.05) is 30.1 Å². The molecule has 1 heterocycles. The Morgan fingerprint density at radius 3 is 2.44 bits per heavy atom. The van der Waals surface area contributed by atoms with E-state index in [1.165, 1.54) is 19.1 Å². The van der Waals surface area contributed by atoms with Crippen molar-refractivity contribution in [3.05, 3.63) is 65.1 Å². The molecule has 0 saturated heterocycles. The number of aromatic nitrogens is 1. The van der Waals surface area contributed by atoms with Crippen LogP contribution in [0.5, 0.6) is 5.75 Å². The highest BCUT2D eigenvalue weighted by atomic mass is 19.1. The number of carbonyl (C=O) groups excluding carboxylic acids is 2. The first-order chi connectivity index (χ1) is 12.9. The molecule has 0 saturated carbocycles. The minimum atomic E-state index is -0.436. The van der Waals surface area contributed by atoms with Crippen molar-refractivity contribution in [2.45, 2.75) is 27.3 Å². The number of halogens is 1. The Kier molecular flexibility index (Phi) is 5.26. The lowest BCUT2D eigenvalue weighted by atomic mass is 10.1. The summed E-state index contributed by atoms with van der Waals surface area (Å²) in [5.41, 5.74) is 2.86. The zero-order chi connectivity index (χ0) is 19.6.